The van der Waals surface area contributed by atoms with Gasteiger partial charge >= 0.3 is 0 Å². The van der Waals surface area contributed by atoms with Crippen molar-refractivity contribution in [3.05, 3.63) is 136 Å². The maximum Gasteiger partial charge on any atom is 0.0705 e. The summed E-state index contributed by atoms with van der Waals surface area (Å²) in [6.45, 7) is 14.4. The lowest BCUT2D eigenvalue weighted by Crippen LogP contribution is -2.31. The molecule has 0 spiro atoms. The highest BCUT2D eigenvalue weighted by molar-refractivity contribution is 9.11. The first-order valence-corrected chi connectivity index (χ1v) is 37.4. The van der Waals surface area contributed by atoms with Gasteiger partial charge in [0.2, 0.25) is 0 Å². The average molecular weight is 1330 g/mol. The maximum absolute atomic E-state index is 3.93. The highest BCUT2D eigenvalue weighted by Gasteiger charge is 2.58. The standard InChI is InChI=1S/C75H93Br3S3/c1-7-13-19-25-43-73(44-26-20-14-8-2)58-49-52(61-37-40-64(76)79-61)31-34-55(58)67-70(73)68-56-35-32-53(62-38-41-65(77)80-62)50-59(56)74(45-27-21-15-9-3,46-28-22-16-10-4)72(68)69-57-36-33-54(63-39-42-66(78)81-63)51-60(57)75(71(67)69,47-29-23-17-11-5)48-30-24-18-12-6/h31-42,49-51H,7-30,43-48H2,1-6H3. The van der Waals surface area contributed by atoms with Crippen LogP contribution < -0.4 is 0 Å². The van der Waals surface area contributed by atoms with Crippen LogP contribution in [0.25, 0.3) is 64.7 Å². The Morgan fingerprint density at radius 2 is 0.519 bits per heavy atom. The van der Waals surface area contributed by atoms with E-state index in [4.69, 9.17) is 0 Å². The van der Waals surface area contributed by atoms with Gasteiger partial charge in [-0.2, -0.15) is 0 Å². The summed E-state index contributed by atoms with van der Waals surface area (Å²) in [5, 5.41) is 0. The molecule has 432 valence electrons. The second-order valence-electron chi connectivity index (χ2n) is 25.0. The predicted octanol–water partition coefficient (Wildman–Crippen LogP) is 27.8. The van der Waals surface area contributed by atoms with Gasteiger partial charge < -0.3 is 0 Å². The van der Waals surface area contributed by atoms with Gasteiger partial charge in [-0.15, -0.1) is 34.0 Å². The van der Waals surface area contributed by atoms with Crippen LogP contribution in [0, 0.1) is 0 Å². The van der Waals surface area contributed by atoms with Crippen LogP contribution in [0.4, 0.5) is 0 Å². The molecule has 0 radical (unpaired) electrons. The molecule has 0 bridgehead atoms. The van der Waals surface area contributed by atoms with Crippen molar-refractivity contribution in [3.8, 4) is 64.7 Å². The lowest BCUT2D eigenvalue weighted by Gasteiger charge is -2.40. The van der Waals surface area contributed by atoms with Crippen LogP contribution >= 0.6 is 81.8 Å². The number of unbranched alkanes of at least 4 members (excludes halogenated alkanes) is 18. The largest absolute Gasteiger partial charge is 0.128 e. The van der Waals surface area contributed by atoms with Gasteiger partial charge in [0.15, 0.2) is 0 Å². The second-order valence-corrected chi connectivity index (χ2v) is 32.3. The van der Waals surface area contributed by atoms with E-state index in [9.17, 15) is 0 Å². The number of rotatable bonds is 33. The van der Waals surface area contributed by atoms with Crippen molar-refractivity contribution in [1.82, 2.24) is 0 Å². The first-order valence-electron chi connectivity index (χ1n) is 32.6. The molecule has 3 aliphatic rings. The molecule has 0 amide bonds. The molecular weight excluding hydrogens is 1240 g/mol. The Hall–Kier alpha value is -2.58. The molecule has 0 saturated carbocycles. The lowest BCUT2D eigenvalue weighted by atomic mass is 9.63. The highest BCUT2D eigenvalue weighted by Crippen LogP contribution is 2.72. The SMILES string of the molecule is CCCCCCC1(CCCCCC)c2cc(-c3ccc(Br)s3)ccc2-c2c1c1c(c3c2C(CCCCCC)(CCCCCC)c2cc(-c4ccc(Br)s4)ccc2-3)C(CCCCCC)(CCCCCC)c2cc(-c3ccc(Br)s3)ccc2-1. The van der Waals surface area contributed by atoms with Crippen molar-refractivity contribution < 1.29 is 0 Å². The van der Waals surface area contributed by atoms with Crippen molar-refractivity contribution in [3.63, 3.8) is 0 Å². The molecule has 4 aromatic carbocycles. The fourth-order valence-electron chi connectivity index (χ4n) is 15.8. The fraction of sp³-hybridized carbons (Fsp3) is 0.520. The summed E-state index contributed by atoms with van der Waals surface area (Å²) in [6.07, 6.45) is 38.0. The lowest BCUT2D eigenvalue weighted by molar-refractivity contribution is 0.389. The molecule has 0 unspecified atom stereocenters. The van der Waals surface area contributed by atoms with Crippen LogP contribution in [0.15, 0.2) is 102 Å². The predicted molar refractivity (Wildman–Crippen MR) is 371 cm³/mol. The summed E-state index contributed by atoms with van der Waals surface area (Å²) in [4.78, 5) is 4.12. The number of benzene rings is 4. The van der Waals surface area contributed by atoms with Gasteiger partial charge in [0, 0.05) is 30.9 Å². The van der Waals surface area contributed by atoms with Crippen LogP contribution in [0.5, 0.6) is 0 Å². The third-order valence-electron chi connectivity index (χ3n) is 19.7. The van der Waals surface area contributed by atoms with Crippen LogP contribution in [0.2, 0.25) is 0 Å². The molecule has 0 atom stereocenters. The topological polar surface area (TPSA) is 0 Å². The number of hydrogen-bond acceptors (Lipinski definition) is 3. The van der Waals surface area contributed by atoms with E-state index in [1.165, 1.54) is 235 Å². The van der Waals surface area contributed by atoms with Gasteiger partial charge in [-0.3, -0.25) is 0 Å². The van der Waals surface area contributed by atoms with E-state index in [0.717, 1.165) is 0 Å². The normalized spacial score (nSPS) is 14.8. The average Bonchev–Trinajstić information content (AvgIpc) is 1.62. The molecule has 81 heavy (non-hydrogen) atoms. The van der Waals surface area contributed by atoms with Gasteiger partial charge in [-0.05, 0) is 224 Å². The quantitative estimate of drug-likeness (QED) is 0.0360. The molecular formula is C75H93Br3S3. The Morgan fingerprint density at radius 3 is 0.716 bits per heavy atom. The first-order chi connectivity index (χ1) is 39.6. The Labute approximate surface area is 528 Å². The Kier molecular flexibility index (Phi) is 21.5. The smallest absolute Gasteiger partial charge is 0.0705 e. The Balaban J connectivity index is 1.41. The Bertz CT molecular complexity index is 2820. The minimum Gasteiger partial charge on any atom is -0.128 e. The number of halogens is 3. The highest BCUT2D eigenvalue weighted by atomic mass is 79.9. The first kappa shape index (κ1) is 61.5. The maximum atomic E-state index is 3.93. The van der Waals surface area contributed by atoms with Crippen molar-refractivity contribution >= 4 is 81.8 Å². The molecule has 6 heteroatoms. The molecule has 3 aliphatic carbocycles. The second kappa shape index (κ2) is 28.3. The monoisotopic (exact) mass is 1330 g/mol. The summed E-state index contributed by atoms with van der Waals surface area (Å²) in [7, 11) is 0. The summed E-state index contributed by atoms with van der Waals surface area (Å²) in [5.74, 6) is 0. The zero-order chi connectivity index (χ0) is 56.6. The molecule has 3 aromatic heterocycles. The van der Waals surface area contributed by atoms with Crippen molar-refractivity contribution in [2.45, 2.75) is 250 Å². The fourth-order valence-corrected chi connectivity index (χ4v) is 19.9. The van der Waals surface area contributed by atoms with Gasteiger partial charge in [0.1, 0.15) is 0 Å². The summed E-state index contributed by atoms with van der Waals surface area (Å²) >= 11 is 17.5. The number of fused-ring (bicyclic) bond motifs is 12. The zero-order valence-corrected chi connectivity index (χ0v) is 57.4. The van der Waals surface area contributed by atoms with E-state index in [-0.39, 0.29) is 16.2 Å². The molecule has 10 rings (SSSR count). The van der Waals surface area contributed by atoms with Crippen LogP contribution in [0.1, 0.15) is 268 Å². The van der Waals surface area contributed by atoms with E-state index in [1.807, 2.05) is 34.0 Å². The molecule has 0 saturated heterocycles. The molecule has 3 heterocycles. The van der Waals surface area contributed by atoms with Crippen molar-refractivity contribution in [2.24, 2.45) is 0 Å². The van der Waals surface area contributed by atoms with Gasteiger partial charge in [-0.1, -0.05) is 232 Å². The molecule has 0 fully saturated rings. The third-order valence-corrected chi connectivity index (χ3v) is 24.7. The number of thiophene rings is 3. The van der Waals surface area contributed by atoms with E-state index in [2.05, 4.69) is 180 Å². The van der Waals surface area contributed by atoms with Gasteiger partial charge in [0.25, 0.3) is 0 Å². The molecule has 7 aromatic rings. The van der Waals surface area contributed by atoms with Gasteiger partial charge in [0.05, 0.1) is 11.4 Å². The van der Waals surface area contributed by atoms with Gasteiger partial charge in [-0.25, -0.2) is 0 Å². The number of hydrogen-bond donors (Lipinski definition) is 0. The van der Waals surface area contributed by atoms with Crippen molar-refractivity contribution in [1.29, 1.82) is 0 Å². The van der Waals surface area contributed by atoms with Crippen molar-refractivity contribution in [2.75, 3.05) is 0 Å². The third kappa shape index (κ3) is 12.3. The summed E-state index contributed by atoms with van der Waals surface area (Å²) in [6, 6.07) is 38.0. The summed E-state index contributed by atoms with van der Waals surface area (Å²) < 4.78 is 3.64. The molecule has 0 N–H and O–H groups in total. The minimum absolute atomic E-state index is 0.121. The van der Waals surface area contributed by atoms with E-state index < -0.39 is 0 Å². The van der Waals surface area contributed by atoms with Crippen LogP contribution in [0.3, 0.4) is 0 Å². The minimum atomic E-state index is -0.121. The molecule has 0 aliphatic heterocycles. The summed E-state index contributed by atoms with van der Waals surface area (Å²) in [5.41, 5.74) is 23.8. The van der Waals surface area contributed by atoms with Crippen LogP contribution in [-0.4, -0.2) is 0 Å². The van der Waals surface area contributed by atoms with E-state index >= 15 is 0 Å². The van der Waals surface area contributed by atoms with E-state index in [1.54, 1.807) is 66.8 Å². The Morgan fingerprint density at radius 1 is 0.284 bits per heavy atom. The molecule has 0 nitrogen and oxygen atoms in total. The van der Waals surface area contributed by atoms with E-state index in [0.29, 0.717) is 0 Å². The zero-order valence-electron chi connectivity index (χ0n) is 50.2. The van der Waals surface area contributed by atoms with Crippen LogP contribution in [-0.2, 0) is 16.2 Å².